The lowest BCUT2D eigenvalue weighted by Crippen LogP contribution is -2.27. The standard InChI is InChI=1S/C82H64N2/c1-81(2)73-37-21-18-34-65(73)70-50-64(48-49-74(70)81)84(62-32-16-7-17-33-62)80-54-78-71(51-68(80)59-28-12-5-13-29-59)66-35-19-22-38-75(66)82(78)76-39-23-20-36-67(76)72-52-69(60-42-40-57(41-43-60)55-24-8-3-9-25-55)79(53-77(72)82)83(61-30-14-6-15-31-61)63-46-44-58(45-47-63)56-26-10-4-11-27-56/h3,5-9,12-25,28-54,56H,4,10-11,26-27H2,1-2H3. The molecule has 402 valence electrons. The number of hydrogen-bond donors (Lipinski definition) is 0. The number of anilines is 6. The first-order valence-electron chi connectivity index (χ1n) is 30.3. The van der Waals surface area contributed by atoms with Gasteiger partial charge < -0.3 is 9.80 Å². The van der Waals surface area contributed by atoms with E-state index >= 15 is 0 Å². The Bertz CT molecular complexity index is 4460. The van der Waals surface area contributed by atoms with Gasteiger partial charge in [0.05, 0.1) is 16.8 Å². The average molecular weight is 1080 g/mol. The van der Waals surface area contributed by atoms with Gasteiger partial charge in [0.15, 0.2) is 0 Å². The zero-order chi connectivity index (χ0) is 55.9. The van der Waals surface area contributed by atoms with Gasteiger partial charge in [-0.25, -0.2) is 0 Å². The summed E-state index contributed by atoms with van der Waals surface area (Å²) in [7, 11) is 0. The SMILES string of the molecule is CC1(C)c2ccccc2-c2cc(N(c3ccccc3)c3cc4c(cc3-c3ccccc3)-c3ccccc3C43c4ccccc4-c4cc(-c5ccc(-c6ccccc6)cc5)c(N(c5ccccc5)c5ccc(C6CCCCC6)cc5)cc43)ccc21. The molecule has 1 saturated carbocycles. The largest absolute Gasteiger partial charge is 0.310 e. The summed E-state index contributed by atoms with van der Waals surface area (Å²) in [6.45, 7) is 4.75. The van der Waals surface area contributed by atoms with E-state index in [0.29, 0.717) is 5.92 Å². The maximum Gasteiger partial charge on any atom is 0.0727 e. The third kappa shape index (κ3) is 7.84. The number of nitrogens with zero attached hydrogens (tertiary/aromatic N) is 2. The minimum absolute atomic E-state index is 0.120. The molecule has 16 rings (SSSR count). The minimum atomic E-state index is -0.692. The second-order valence-electron chi connectivity index (χ2n) is 24.1. The fourth-order valence-corrected chi connectivity index (χ4v) is 15.3. The van der Waals surface area contributed by atoms with Crippen molar-refractivity contribution in [3.05, 3.63) is 324 Å². The van der Waals surface area contributed by atoms with Crippen LogP contribution in [0.2, 0.25) is 0 Å². The third-order valence-corrected chi connectivity index (χ3v) is 19.3. The predicted octanol–water partition coefficient (Wildman–Crippen LogP) is 22.3. The highest BCUT2D eigenvalue weighted by atomic mass is 15.2. The summed E-state index contributed by atoms with van der Waals surface area (Å²) in [6, 6.07) is 108. The Morgan fingerprint density at radius 2 is 0.655 bits per heavy atom. The van der Waals surface area contributed by atoms with Crippen molar-refractivity contribution in [1.82, 2.24) is 0 Å². The van der Waals surface area contributed by atoms with Crippen LogP contribution in [0.4, 0.5) is 34.1 Å². The zero-order valence-corrected chi connectivity index (χ0v) is 47.6. The van der Waals surface area contributed by atoms with Crippen LogP contribution in [0.5, 0.6) is 0 Å². The Kier molecular flexibility index (Phi) is 11.9. The fraction of sp³-hybridized carbons (Fsp3) is 0.122. The van der Waals surface area contributed by atoms with E-state index in [1.54, 1.807) is 0 Å². The van der Waals surface area contributed by atoms with Crippen LogP contribution in [0.25, 0.3) is 66.8 Å². The van der Waals surface area contributed by atoms with Crippen LogP contribution in [0, 0.1) is 0 Å². The van der Waals surface area contributed by atoms with Gasteiger partial charge in [0.2, 0.25) is 0 Å². The highest BCUT2D eigenvalue weighted by molar-refractivity contribution is 6.03. The van der Waals surface area contributed by atoms with E-state index in [1.807, 2.05) is 0 Å². The van der Waals surface area contributed by atoms with Gasteiger partial charge >= 0.3 is 0 Å². The lowest BCUT2D eigenvalue weighted by atomic mass is 9.70. The Labute approximate surface area is 494 Å². The summed E-state index contributed by atoms with van der Waals surface area (Å²) in [5.74, 6) is 0.606. The van der Waals surface area contributed by atoms with Crippen molar-refractivity contribution in [1.29, 1.82) is 0 Å². The molecule has 1 unspecified atom stereocenters. The molecule has 12 aromatic carbocycles. The van der Waals surface area contributed by atoms with Gasteiger partial charge in [-0.3, -0.25) is 0 Å². The van der Waals surface area contributed by atoms with Gasteiger partial charge in [0.25, 0.3) is 0 Å². The van der Waals surface area contributed by atoms with E-state index in [0.717, 1.165) is 34.1 Å². The van der Waals surface area contributed by atoms with Gasteiger partial charge in [0.1, 0.15) is 0 Å². The zero-order valence-electron chi connectivity index (χ0n) is 47.6. The maximum atomic E-state index is 2.60. The van der Waals surface area contributed by atoms with Crippen LogP contribution in [-0.2, 0) is 10.8 Å². The number of fused-ring (bicyclic) bond motifs is 13. The van der Waals surface area contributed by atoms with E-state index in [2.05, 4.69) is 309 Å². The quantitative estimate of drug-likeness (QED) is 0.135. The normalized spacial score (nSPS) is 15.8. The molecule has 1 atom stereocenters. The Balaban J connectivity index is 0.980. The summed E-state index contributed by atoms with van der Waals surface area (Å²) in [5.41, 5.74) is 30.1. The van der Waals surface area contributed by atoms with Crippen LogP contribution in [0.15, 0.2) is 285 Å². The molecule has 0 saturated heterocycles. The molecule has 0 bridgehead atoms. The third-order valence-electron chi connectivity index (χ3n) is 19.3. The van der Waals surface area contributed by atoms with Crippen molar-refractivity contribution in [3.8, 4) is 66.8 Å². The van der Waals surface area contributed by atoms with Crippen molar-refractivity contribution in [2.75, 3.05) is 9.80 Å². The number of benzene rings is 12. The van der Waals surface area contributed by atoms with Gasteiger partial charge in [-0.15, -0.1) is 0 Å². The first kappa shape index (κ1) is 50.0. The molecule has 0 heterocycles. The second kappa shape index (κ2) is 20.0. The topological polar surface area (TPSA) is 6.48 Å². The van der Waals surface area contributed by atoms with Crippen LogP contribution in [0.3, 0.4) is 0 Å². The van der Waals surface area contributed by atoms with E-state index in [4.69, 9.17) is 0 Å². The molecular formula is C82H64N2. The van der Waals surface area contributed by atoms with Crippen molar-refractivity contribution in [3.63, 3.8) is 0 Å². The Hall–Kier alpha value is -9.76. The van der Waals surface area contributed by atoms with Gasteiger partial charge in [-0.1, -0.05) is 245 Å². The Morgan fingerprint density at radius 3 is 1.20 bits per heavy atom. The summed E-state index contributed by atoms with van der Waals surface area (Å²) in [4.78, 5) is 5.08. The van der Waals surface area contributed by atoms with E-state index in [9.17, 15) is 0 Å². The lowest BCUT2D eigenvalue weighted by Gasteiger charge is -2.35. The lowest BCUT2D eigenvalue weighted by molar-refractivity contribution is 0.443. The first-order chi connectivity index (χ1) is 41.4. The summed E-state index contributed by atoms with van der Waals surface area (Å²) in [6.07, 6.45) is 6.48. The van der Waals surface area contributed by atoms with Crippen LogP contribution < -0.4 is 9.80 Å². The first-order valence-corrected chi connectivity index (χ1v) is 30.3. The van der Waals surface area contributed by atoms with E-state index in [1.165, 1.54) is 138 Å². The molecule has 4 aliphatic carbocycles. The summed E-state index contributed by atoms with van der Waals surface area (Å²) < 4.78 is 0. The fourth-order valence-electron chi connectivity index (χ4n) is 15.3. The van der Waals surface area contributed by atoms with Crippen molar-refractivity contribution < 1.29 is 0 Å². The minimum Gasteiger partial charge on any atom is -0.310 e. The molecular weight excluding hydrogens is 1010 g/mol. The molecule has 0 aliphatic heterocycles. The van der Waals surface area contributed by atoms with Crippen molar-refractivity contribution in [2.24, 2.45) is 0 Å². The van der Waals surface area contributed by atoms with Gasteiger partial charge in [-0.2, -0.15) is 0 Å². The highest BCUT2D eigenvalue weighted by Gasteiger charge is 2.53. The molecule has 12 aromatic rings. The molecule has 1 fully saturated rings. The Morgan fingerprint density at radius 1 is 0.274 bits per heavy atom. The maximum absolute atomic E-state index is 2.60. The van der Waals surface area contributed by atoms with Crippen molar-refractivity contribution >= 4 is 34.1 Å². The summed E-state index contributed by atoms with van der Waals surface area (Å²) in [5, 5.41) is 0. The molecule has 1 spiro atoms. The second-order valence-corrected chi connectivity index (χ2v) is 24.1. The number of para-hydroxylation sites is 2. The van der Waals surface area contributed by atoms with Crippen molar-refractivity contribution in [2.45, 2.75) is 62.7 Å². The molecule has 4 aliphatic rings. The van der Waals surface area contributed by atoms with Crippen LogP contribution >= 0.6 is 0 Å². The van der Waals surface area contributed by atoms with Gasteiger partial charge in [-0.05, 0) is 186 Å². The van der Waals surface area contributed by atoms with Gasteiger partial charge in [0, 0.05) is 39.3 Å². The summed E-state index contributed by atoms with van der Waals surface area (Å²) >= 11 is 0. The van der Waals surface area contributed by atoms with Crippen LogP contribution in [0.1, 0.15) is 90.8 Å². The molecule has 0 aromatic heterocycles. The smallest absolute Gasteiger partial charge is 0.0727 e. The highest BCUT2D eigenvalue weighted by Crippen LogP contribution is 2.66. The molecule has 0 amide bonds. The predicted molar refractivity (Wildman–Crippen MR) is 352 cm³/mol. The number of rotatable bonds is 10. The molecule has 2 nitrogen and oxygen atoms in total. The number of hydrogen-bond acceptors (Lipinski definition) is 2. The average Bonchev–Trinajstić information content (AvgIpc) is 1.53. The molecule has 84 heavy (non-hydrogen) atoms. The van der Waals surface area contributed by atoms with Crippen LogP contribution in [-0.4, -0.2) is 0 Å². The monoisotopic (exact) mass is 1080 g/mol. The van der Waals surface area contributed by atoms with E-state index < -0.39 is 5.41 Å². The molecule has 0 N–H and O–H groups in total. The molecule has 2 heteroatoms. The molecule has 0 radical (unpaired) electrons. The van der Waals surface area contributed by atoms with E-state index in [-0.39, 0.29) is 5.41 Å².